The lowest BCUT2D eigenvalue weighted by atomic mass is 10.00. The number of hydrogen-bond acceptors (Lipinski definition) is 3. The minimum Gasteiger partial charge on any atom is -0.354 e. The molecule has 0 aliphatic carbocycles. The molecule has 0 spiro atoms. The number of hydrogen-bond donors (Lipinski definition) is 2. The van der Waals surface area contributed by atoms with Crippen LogP contribution in [0.25, 0.3) is 0 Å². The van der Waals surface area contributed by atoms with Crippen molar-refractivity contribution in [2.24, 2.45) is 5.92 Å². The van der Waals surface area contributed by atoms with Crippen molar-refractivity contribution in [1.82, 2.24) is 15.5 Å². The smallest absolute Gasteiger partial charge is 0.239 e. The molecule has 1 aliphatic rings. The van der Waals surface area contributed by atoms with Gasteiger partial charge in [-0.05, 0) is 26.2 Å². The molecule has 4 nitrogen and oxygen atoms in total. The van der Waals surface area contributed by atoms with Crippen LogP contribution in [0.2, 0.25) is 0 Å². The van der Waals surface area contributed by atoms with E-state index in [1.165, 1.54) is 0 Å². The van der Waals surface area contributed by atoms with Crippen molar-refractivity contribution in [2.75, 3.05) is 32.7 Å². The fourth-order valence-electron chi connectivity index (χ4n) is 2.06. The zero-order valence-electron chi connectivity index (χ0n) is 11.7. The molecule has 0 aromatic heterocycles. The van der Waals surface area contributed by atoms with Crippen LogP contribution in [0.3, 0.4) is 0 Å². The van der Waals surface area contributed by atoms with E-state index in [4.69, 9.17) is 0 Å². The molecule has 1 amide bonds. The lowest BCUT2D eigenvalue weighted by molar-refractivity contribution is -0.132. The number of nitrogens with one attached hydrogen (secondary N) is 2. The van der Waals surface area contributed by atoms with Gasteiger partial charge in [-0.2, -0.15) is 0 Å². The van der Waals surface area contributed by atoms with Crippen molar-refractivity contribution in [3.63, 3.8) is 0 Å². The number of carbonyl (C=O) groups is 1. The average Bonchev–Trinajstić information content (AvgIpc) is 2.29. The number of piperazine rings is 1. The number of nitrogens with zero attached hydrogens (tertiary/aromatic N) is 1. The van der Waals surface area contributed by atoms with Gasteiger partial charge in [-0.1, -0.05) is 13.8 Å². The summed E-state index contributed by atoms with van der Waals surface area (Å²) in [7, 11) is 0. The molecular formula is C13H27N3O. The van der Waals surface area contributed by atoms with Gasteiger partial charge in [0.1, 0.15) is 0 Å². The maximum Gasteiger partial charge on any atom is 0.239 e. The van der Waals surface area contributed by atoms with Crippen LogP contribution < -0.4 is 10.6 Å². The van der Waals surface area contributed by atoms with E-state index in [0.29, 0.717) is 5.92 Å². The molecule has 1 aliphatic heterocycles. The minimum atomic E-state index is -0.390. The molecule has 0 bridgehead atoms. The molecule has 0 atom stereocenters. The van der Waals surface area contributed by atoms with E-state index in [1.807, 2.05) is 13.8 Å². The third-order valence-electron chi connectivity index (χ3n) is 3.47. The van der Waals surface area contributed by atoms with Gasteiger partial charge in [-0.3, -0.25) is 9.69 Å². The van der Waals surface area contributed by atoms with E-state index in [9.17, 15) is 4.79 Å². The first kappa shape index (κ1) is 14.5. The lowest BCUT2D eigenvalue weighted by Gasteiger charge is -2.39. The van der Waals surface area contributed by atoms with Crippen molar-refractivity contribution in [3.05, 3.63) is 0 Å². The van der Waals surface area contributed by atoms with Gasteiger partial charge in [0.15, 0.2) is 0 Å². The van der Waals surface area contributed by atoms with Crippen molar-refractivity contribution in [1.29, 1.82) is 0 Å². The Morgan fingerprint density at radius 2 is 1.94 bits per heavy atom. The molecule has 0 aromatic rings. The fraction of sp³-hybridized carbons (Fsp3) is 0.923. The van der Waals surface area contributed by atoms with E-state index < -0.39 is 0 Å². The van der Waals surface area contributed by atoms with Gasteiger partial charge in [0.05, 0.1) is 5.54 Å². The molecule has 4 heteroatoms. The van der Waals surface area contributed by atoms with Gasteiger partial charge in [0.25, 0.3) is 0 Å². The average molecular weight is 241 g/mol. The maximum atomic E-state index is 12.2. The Bertz CT molecular complexity index is 245. The Morgan fingerprint density at radius 1 is 1.35 bits per heavy atom. The van der Waals surface area contributed by atoms with Gasteiger partial charge in [-0.15, -0.1) is 0 Å². The van der Waals surface area contributed by atoms with Crippen LogP contribution in [0.5, 0.6) is 0 Å². The van der Waals surface area contributed by atoms with E-state index in [-0.39, 0.29) is 11.4 Å². The summed E-state index contributed by atoms with van der Waals surface area (Å²) in [6.07, 6.45) is 1.05. The Hall–Kier alpha value is -0.610. The highest BCUT2D eigenvalue weighted by Gasteiger charge is 2.34. The van der Waals surface area contributed by atoms with Gasteiger partial charge in [0.2, 0.25) is 5.91 Å². The molecule has 0 saturated carbocycles. The summed E-state index contributed by atoms with van der Waals surface area (Å²) in [5, 5.41) is 6.36. The molecule has 0 aromatic carbocycles. The summed E-state index contributed by atoms with van der Waals surface area (Å²) >= 11 is 0. The molecule has 1 saturated heterocycles. The summed E-state index contributed by atoms with van der Waals surface area (Å²) in [6, 6.07) is 0. The highest BCUT2D eigenvalue weighted by Crippen LogP contribution is 2.15. The van der Waals surface area contributed by atoms with Gasteiger partial charge in [0, 0.05) is 32.7 Å². The largest absolute Gasteiger partial charge is 0.354 e. The van der Waals surface area contributed by atoms with E-state index in [1.54, 1.807) is 0 Å². The van der Waals surface area contributed by atoms with Gasteiger partial charge >= 0.3 is 0 Å². The predicted octanol–water partition coefficient (Wildman–Crippen LogP) is 0.833. The molecule has 1 rings (SSSR count). The van der Waals surface area contributed by atoms with Crippen LogP contribution in [0.4, 0.5) is 0 Å². The van der Waals surface area contributed by atoms with Crippen molar-refractivity contribution in [3.8, 4) is 0 Å². The number of rotatable bonds is 5. The highest BCUT2D eigenvalue weighted by atomic mass is 16.2. The Morgan fingerprint density at radius 3 is 2.47 bits per heavy atom. The second-order valence-electron chi connectivity index (χ2n) is 5.73. The topological polar surface area (TPSA) is 44.4 Å². The SMILES string of the molecule is CC(C)CCNC(=O)C(C)(C)N1CCNCC1. The molecule has 2 N–H and O–H groups in total. The first-order valence-electron chi connectivity index (χ1n) is 6.68. The quantitative estimate of drug-likeness (QED) is 0.749. The van der Waals surface area contributed by atoms with Crippen LogP contribution in [-0.2, 0) is 4.79 Å². The molecule has 1 fully saturated rings. The molecule has 0 unspecified atom stereocenters. The van der Waals surface area contributed by atoms with Crippen molar-refractivity contribution < 1.29 is 4.79 Å². The second kappa shape index (κ2) is 6.36. The van der Waals surface area contributed by atoms with E-state index in [2.05, 4.69) is 29.4 Å². The molecule has 100 valence electrons. The summed E-state index contributed by atoms with van der Waals surface area (Å²) in [6.45, 7) is 13.0. The van der Waals surface area contributed by atoms with Gasteiger partial charge in [-0.25, -0.2) is 0 Å². The second-order valence-corrected chi connectivity index (χ2v) is 5.73. The Kier molecular flexibility index (Phi) is 5.40. The van der Waals surface area contributed by atoms with Crippen LogP contribution in [0, 0.1) is 5.92 Å². The third kappa shape index (κ3) is 4.28. The molecule has 1 heterocycles. The van der Waals surface area contributed by atoms with Crippen LogP contribution in [0.15, 0.2) is 0 Å². The molecule has 0 radical (unpaired) electrons. The van der Waals surface area contributed by atoms with E-state index in [0.717, 1.165) is 39.1 Å². The molecular weight excluding hydrogens is 214 g/mol. The van der Waals surface area contributed by atoms with Crippen LogP contribution in [0.1, 0.15) is 34.1 Å². The van der Waals surface area contributed by atoms with Gasteiger partial charge < -0.3 is 10.6 Å². The zero-order chi connectivity index (χ0) is 12.9. The predicted molar refractivity (Wildman–Crippen MR) is 71.0 cm³/mol. The fourth-order valence-corrected chi connectivity index (χ4v) is 2.06. The summed E-state index contributed by atoms with van der Waals surface area (Å²) in [5.74, 6) is 0.789. The first-order chi connectivity index (χ1) is 7.94. The standard InChI is InChI=1S/C13H27N3O/c1-11(2)5-6-15-12(17)13(3,4)16-9-7-14-8-10-16/h11,14H,5-10H2,1-4H3,(H,15,17). The maximum absolute atomic E-state index is 12.2. The highest BCUT2D eigenvalue weighted by molar-refractivity contribution is 5.85. The zero-order valence-corrected chi connectivity index (χ0v) is 11.7. The minimum absolute atomic E-state index is 0.153. The van der Waals surface area contributed by atoms with Crippen molar-refractivity contribution >= 4 is 5.91 Å². The van der Waals surface area contributed by atoms with Crippen LogP contribution >= 0.6 is 0 Å². The molecule has 17 heavy (non-hydrogen) atoms. The number of amides is 1. The first-order valence-corrected chi connectivity index (χ1v) is 6.68. The Balaban J connectivity index is 2.41. The normalized spacial score (nSPS) is 18.4. The third-order valence-corrected chi connectivity index (χ3v) is 3.47. The summed E-state index contributed by atoms with van der Waals surface area (Å²) in [5.41, 5.74) is -0.390. The number of carbonyl (C=O) groups excluding carboxylic acids is 1. The summed E-state index contributed by atoms with van der Waals surface area (Å²) in [4.78, 5) is 14.4. The van der Waals surface area contributed by atoms with Crippen molar-refractivity contribution in [2.45, 2.75) is 39.7 Å². The summed E-state index contributed by atoms with van der Waals surface area (Å²) < 4.78 is 0. The van der Waals surface area contributed by atoms with Crippen LogP contribution in [-0.4, -0.2) is 49.1 Å². The monoisotopic (exact) mass is 241 g/mol. The van der Waals surface area contributed by atoms with E-state index >= 15 is 0 Å². The lowest BCUT2D eigenvalue weighted by Crippen LogP contribution is -2.60. The Labute approximate surface area is 105 Å².